The predicted octanol–water partition coefficient (Wildman–Crippen LogP) is 2.23. The van der Waals surface area contributed by atoms with Crippen LogP contribution in [0.4, 0.5) is 5.69 Å². The first-order valence-electron chi connectivity index (χ1n) is 9.64. The third-order valence-electron chi connectivity index (χ3n) is 4.84. The number of amides is 2. The van der Waals surface area contributed by atoms with Gasteiger partial charge in [0.2, 0.25) is 21.8 Å². The van der Waals surface area contributed by atoms with E-state index < -0.39 is 15.9 Å². The molecule has 0 aliphatic carbocycles. The van der Waals surface area contributed by atoms with Crippen molar-refractivity contribution in [3.8, 4) is 0 Å². The highest BCUT2D eigenvalue weighted by atomic mass is 32.2. The Hall–Kier alpha value is -2.71. The lowest BCUT2D eigenvalue weighted by Gasteiger charge is -2.31. The first kappa shape index (κ1) is 21.0. The fourth-order valence-corrected chi connectivity index (χ4v) is 4.85. The molecule has 1 atom stereocenters. The van der Waals surface area contributed by atoms with E-state index in [9.17, 15) is 18.0 Å². The second-order valence-electron chi connectivity index (χ2n) is 6.97. The van der Waals surface area contributed by atoms with E-state index in [-0.39, 0.29) is 36.2 Å². The van der Waals surface area contributed by atoms with Crippen LogP contribution >= 0.6 is 0 Å². The van der Waals surface area contributed by atoms with E-state index >= 15 is 0 Å². The number of para-hydroxylation sites is 1. The molecule has 1 aliphatic rings. The number of carbonyl (C=O) groups excluding carboxylic acids is 2. The summed E-state index contributed by atoms with van der Waals surface area (Å²) in [5, 5.41) is 5.52. The van der Waals surface area contributed by atoms with Crippen LogP contribution in [0.2, 0.25) is 0 Å². The summed E-state index contributed by atoms with van der Waals surface area (Å²) < 4.78 is 26.9. The molecule has 2 amide bonds. The summed E-state index contributed by atoms with van der Waals surface area (Å²) in [6.45, 7) is 0.763. The molecule has 1 fully saturated rings. The Morgan fingerprint density at radius 3 is 2.34 bits per heavy atom. The number of nitrogens with one attached hydrogen (secondary N) is 2. The van der Waals surface area contributed by atoms with E-state index in [0.717, 1.165) is 0 Å². The van der Waals surface area contributed by atoms with Crippen molar-refractivity contribution in [2.24, 2.45) is 5.92 Å². The van der Waals surface area contributed by atoms with Crippen molar-refractivity contribution < 1.29 is 18.0 Å². The van der Waals surface area contributed by atoms with Crippen LogP contribution in [0, 0.1) is 5.92 Å². The molecule has 2 aromatic carbocycles. The summed E-state index contributed by atoms with van der Waals surface area (Å²) in [6.07, 6.45) is 1.40. The van der Waals surface area contributed by atoms with Gasteiger partial charge in [-0.2, -0.15) is 4.31 Å². The summed E-state index contributed by atoms with van der Waals surface area (Å²) in [5.41, 5.74) is 0.706. The molecular formula is C21H25N3O4S. The number of hydrogen-bond donors (Lipinski definition) is 2. The average Bonchev–Trinajstić information content (AvgIpc) is 2.75. The molecule has 0 saturated carbocycles. The summed E-state index contributed by atoms with van der Waals surface area (Å²) >= 11 is 0. The molecule has 7 nitrogen and oxygen atoms in total. The van der Waals surface area contributed by atoms with Crippen molar-refractivity contribution in [1.29, 1.82) is 0 Å². The highest BCUT2D eigenvalue weighted by Crippen LogP contribution is 2.23. The van der Waals surface area contributed by atoms with E-state index in [0.29, 0.717) is 25.1 Å². The normalized spacial score (nSPS) is 17.4. The lowest BCUT2D eigenvalue weighted by molar-refractivity contribution is -0.126. The Balaban J connectivity index is 1.49. The van der Waals surface area contributed by atoms with E-state index in [2.05, 4.69) is 10.6 Å². The number of carbonyl (C=O) groups is 2. The Morgan fingerprint density at radius 1 is 1.00 bits per heavy atom. The van der Waals surface area contributed by atoms with E-state index in [1.54, 1.807) is 42.5 Å². The highest BCUT2D eigenvalue weighted by molar-refractivity contribution is 7.89. The van der Waals surface area contributed by atoms with E-state index in [4.69, 9.17) is 0 Å². The Labute approximate surface area is 171 Å². The maximum atomic E-state index is 12.8. The molecule has 2 aromatic rings. The zero-order valence-corrected chi connectivity index (χ0v) is 16.9. The first-order chi connectivity index (χ1) is 14.0. The summed E-state index contributed by atoms with van der Waals surface area (Å²) in [5.74, 6) is -0.821. The van der Waals surface area contributed by atoms with Gasteiger partial charge >= 0.3 is 0 Å². The van der Waals surface area contributed by atoms with E-state index in [1.807, 2.05) is 18.2 Å². The quantitative estimate of drug-likeness (QED) is 0.725. The van der Waals surface area contributed by atoms with Gasteiger partial charge in [-0.3, -0.25) is 9.59 Å². The molecular weight excluding hydrogens is 390 g/mol. The third kappa shape index (κ3) is 5.65. The highest BCUT2D eigenvalue weighted by Gasteiger charge is 2.33. The minimum absolute atomic E-state index is 0.152. The molecule has 154 valence electrons. The van der Waals surface area contributed by atoms with Gasteiger partial charge in [0.05, 0.1) is 10.8 Å². The largest absolute Gasteiger partial charge is 0.355 e. The molecule has 1 aliphatic heterocycles. The predicted molar refractivity (Wildman–Crippen MR) is 111 cm³/mol. The fourth-order valence-electron chi connectivity index (χ4n) is 3.30. The molecule has 0 radical (unpaired) electrons. The SMILES string of the molecule is O=C(CCNC(=O)[C@H]1CCCN(S(=O)(=O)c2ccccc2)C1)Nc1ccccc1. The number of rotatable bonds is 7. The summed E-state index contributed by atoms with van der Waals surface area (Å²) in [4.78, 5) is 24.7. The number of piperidine rings is 1. The lowest BCUT2D eigenvalue weighted by atomic mass is 9.99. The smallest absolute Gasteiger partial charge is 0.243 e. The van der Waals surface area contributed by atoms with Crippen molar-refractivity contribution in [2.75, 3.05) is 25.0 Å². The molecule has 0 aromatic heterocycles. The molecule has 8 heteroatoms. The Bertz CT molecular complexity index is 933. The van der Waals surface area contributed by atoms with Crippen molar-refractivity contribution in [2.45, 2.75) is 24.2 Å². The Morgan fingerprint density at radius 2 is 1.66 bits per heavy atom. The van der Waals surface area contributed by atoms with Gasteiger partial charge in [-0.25, -0.2) is 8.42 Å². The maximum Gasteiger partial charge on any atom is 0.243 e. The number of benzene rings is 2. The number of hydrogen-bond acceptors (Lipinski definition) is 4. The van der Waals surface area contributed by atoms with Gasteiger partial charge in [0.15, 0.2) is 0 Å². The molecule has 3 rings (SSSR count). The van der Waals surface area contributed by atoms with Crippen LogP contribution in [0.15, 0.2) is 65.6 Å². The first-order valence-corrected chi connectivity index (χ1v) is 11.1. The zero-order chi connectivity index (χ0) is 20.7. The van der Waals surface area contributed by atoms with Crippen LogP contribution in [0.5, 0.6) is 0 Å². The van der Waals surface area contributed by atoms with Crippen molar-refractivity contribution in [3.63, 3.8) is 0 Å². The van der Waals surface area contributed by atoms with Crippen LogP contribution in [0.3, 0.4) is 0 Å². The van der Waals surface area contributed by atoms with Crippen molar-refractivity contribution >= 4 is 27.5 Å². The lowest BCUT2D eigenvalue weighted by Crippen LogP contribution is -2.45. The zero-order valence-electron chi connectivity index (χ0n) is 16.1. The van der Waals surface area contributed by atoms with Crippen LogP contribution in [-0.4, -0.2) is 44.2 Å². The molecule has 2 N–H and O–H groups in total. The van der Waals surface area contributed by atoms with Gasteiger partial charge in [0.25, 0.3) is 0 Å². The van der Waals surface area contributed by atoms with Crippen molar-refractivity contribution in [1.82, 2.24) is 9.62 Å². The fraction of sp³-hybridized carbons (Fsp3) is 0.333. The number of nitrogens with zero attached hydrogens (tertiary/aromatic N) is 1. The monoisotopic (exact) mass is 415 g/mol. The summed E-state index contributed by atoms with van der Waals surface area (Å²) in [7, 11) is -3.61. The van der Waals surface area contributed by atoms with Crippen LogP contribution in [-0.2, 0) is 19.6 Å². The van der Waals surface area contributed by atoms with Gasteiger partial charge in [0.1, 0.15) is 0 Å². The molecule has 0 spiro atoms. The Kier molecular flexibility index (Phi) is 7.00. The van der Waals surface area contributed by atoms with Crippen molar-refractivity contribution in [3.05, 3.63) is 60.7 Å². The van der Waals surface area contributed by atoms with Crippen LogP contribution in [0.1, 0.15) is 19.3 Å². The van der Waals surface area contributed by atoms with Gasteiger partial charge in [0, 0.05) is 31.7 Å². The standard InChI is InChI=1S/C21H25N3O4S/c25-20(23-18-9-3-1-4-10-18)13-14-22-21(26)17-8-7-15-24(16-17)29(27,28)19-11-5-2-6-12-19/h1-6,9-12,17H,7-8,13-16H2,(H,22,26)(H,23,25)/t17-/m0/s1. The summed E-state index contributed by atoms with van der Waals surface area (Å²) in [6, 6.07) is 17.4. The average molecular weight is 416 g/mol. The molecule has 1 saturated heterocycles. The van der Waals surface area contributed by atoms with Crippen LogP contribution in [0.25, 0.3) is 0 Å². The third-order valence-corrected chi connectivity index (χ3v) is 6.72. The molecule has 1 heterocycles. The van der Waals surface area contributed by atoms with Crippen LogP contribution < -0.4 is 10.6 Å². The molecule has 29 heavy (non-hydrogen) atoms. The van der Waals surface area contributed by atoms with Gasteiger partial charge in [-0.1, -0.05) is 36.4 Å². The van der Waals surface area contributed by atoms with E-state index in [1.165, 1.54) is 4.31 Å². The molecule has 0 unspecified atom stereocenters. The topological polar surface area (TPSA) is 95.6 Å². The van der Waals surface area contributed by atoms with Gasteiger partial charge < -0.3 is 10.6 Å². The second-order valence-corrected chi connectivity index (χ2v) is 8.91. The van der Waals surface area contributed by atoms with Gasteiger partial charge in [-0.05, 0) is 37.1 Å². The second kappa shape index (κ2) is 9.67. The number of anilines is 1. The maximum absolute atomic E-state index is 12.8. The number of sulfonamides is 1. The minimum atomic E-state index is -3.61. The minimum Gasteiger partial charge on any atom is -0.355 e. The molecule has 0 bridgehead atoms. The van der Waals surface area contributed by atoms with Gasteiger partial charge in [-0.15, -0.1) is 0 Å².